The number of carbonyl (C=O) groups excluding carboxylic acids is 1. The van der Waals surface area contributed by atoms with E-state index in [2.05, 4.69) is 0 Å². The van der Waals surface area contributed by atoms with Crippen molar-refractivity contribution in [2.75, 3.05) is 0 Å². The van der Waals surface area contributed by atoms with Crippen molar-refractivity contribution in [1.29, 1.82) is 0 Å². The summed E-state index contributed by atoms with van der Waals surface area (Å²) in [5, 5.41) is 10.8. The van der Waals surface area contributed by atoms with Gasteiger partial charge in [-0.2, -0.15) is 0 Å². The third kappa shape index (κ3) is 2.17. The average Bonchev–Trinajstić information content (AvgIpc) is 2.50. The Balaban J connectivity index is 2.57. The van der Waals surface area contributed by atoms with Gasteiger partial charge in [0.2, 0.25) is 11.4 Å². The number of nitrogens with zero attached hydrogens (tertiary/aromatic N) is 1. The minimum atomic E-state index is -0.852. The lowest BCUT2D eigenvalue weighted by molar-refractivity contribution is -0.569. The van der Waals surface area contributed by atoms with Crippen LogP contribution in [0.25, 0.3) is 0 Å². The zero-order chi connectivity index (χ0) is 9.90. The molecule has 1 aliphatic carbocycles. The number of primary amides is 1. The van der Waals surface area contributed by atoms with E-state index < -0.39 is 11.4 Å². The molecule has 1 amide bonds. The van der Waals surface area contributed by atoms with E-state index >= 15 is 0 Å². The van der Waals surface area contributed by atoms with Crippen molar-refractivity contribution in [2.45, 2.75) is 44.1 Å². The summed E-state index contributed by atoms with van der Waals surface area (Å²) in [4.78, 5) is 21.1. The third-order valence-electron chi connectivity index (χ3n) is 2.76. The minimum Gasteiger partial charge on any atom is -0.370 e. The molecule has 0 heterocycles. The van der Waals surface area contributed by atoms with E-state index in [1.807, 2.05) is 0 Å². The highest BCUT2D eigenvalue weighted by Crippen LogP contribution is 2.36. The Kier molecular flexibility index (Phi) is 2.85. The van der Waals surface area contributed by atoms with Gasteiger partial charge in [0.25, 0.3) is 0 Å². The molecule has 74 valence electrons. The van der Waals surface area contributed by atoms with Crippen LogP contribution in [-0.4, -0.2) is 16.4 Å². The summed E-state index contributed by atoms with van der Waals surface area (Å²) in [5.41, 5.74) is 4.12. The SMILES string of the molecule is NC(=O)CCC1([N+](=O)[O-])CCCC1. The molecule has 1 aliphatic rings. The van der Waals surface area contributed by atoms with Gasteiger partial charge in [-0.3, -0.25) is 14.9 Å². The molecule has 0 radical (unpaired) electrons. The molecule has 0 spiro atoms. The molecule has 0 aromatic heterocycles. The van der Waals surface area contributed by atoms with Crippen molar-refractivity contribution in [3.8, 4) is 0 Å². The number of nitrogens with two attached hydrogens (primary N) is 1. The Hall–Kier alpha value is -1.13. The molecule has 0 aromatic carbocycles. The summed E-state index contributed by atoms with van der Waals surface area (Å²) in [6.07, 6.45) is 3.39. The molecule has 1 rings (SSSR count). The summed E-state index contributed by atoms with van der Waals surface area (Å²) < 4.78 is 0. The Morgan fingerprint density at radius 2 is 2.00 bits per heavy atom. The zero-order valence-corrected chi connectivity index (χ0v) is 7.49. The van der Waals surface area contributed by atoms with E-state index in [1.165, 1.54) is 0 Å². The van der Waals surface area contributed by atoms with E-state index in [-0.39, 0.29) is 11.3 Å². The fourth-order valence-corrected chi connectivity index (χ4v) is 1.91. The predicted molar refractivity (Wildman–Crippen MR) is 46.6 cm³/mol. The van der Waals surface area contributed by atoms with Gasteiger partial charge in [0.15, 0.2) is 0 Å². The van der Waals surface area contributed by atoms with Gasteiger partial charge >= 0.3 is 0 Å². The van der Waals surface area contributed by atoms with Crippen LogP contribution in [-0.2, 0) is 4.79 Å². The molecule has 0 unspecified atom stereocenters. The fraction of sp³-hybridized carbons (Fsp3) is 0.875. The van der Waals surface area contributed by atoms with Crippen LogP contribution in [0.4, 0.5) is 0 Å². The molecule has 13 heavy (non-hydrogen) atoms. The molecule has 1 fully saturated rings. The van der Waals surface area contributed by atoms with Crippen molar-refractivity contribution in [1.82, 2.24) is 0 Å². The van der Waals surface area contributed by atoms with Crippen molar-refractivity contribution < 1.29 is 9.72 Å². The molecule has 0 atom stereocenters. The number of hydrogen-bond acceptors (Lipinski definition) is 3. The second-order valence-electron chi connectivity index (χ2n) is 3.65. The minimum absolute atomic E-state index is 0.126. The maximum absolute atomic E-state index is 10.8. The highest BCUT2D eigenvalue weighted by atomic mass is 16.6. The van der Waals surface area contributed by atoms with Crippen LogP contribution < -0.4 is 5.73 Å². The molecule has 5 nitrogen and oxygen atoms in total. The third-order valence-corrected chi connectivity index (χ3v) is 2.76. The molecule has 0 bridgehead atoms. The molecule has 0 saturated heterocycles. The van der Waals surface area contributed by atoms with E-state index in [4.69, 9.17) is 5.73 Å². The highest BCUT2D eigenvalue weighted by Gasteiger charge is 2.45. The molecule has 5 heteroatoms. The first kappa shape index (κ1) is 9.95. The van der Waals surface area contributed by atoms with Crippen molar-refractivity contribution in [3.63, 3.8) is 0 Å². The van der Waals surface area contributed by atoms with Crippen molar-refractivity contribution in [2.24, 2.45) is 5.73 Å². The molecule has 0 aromatic rings. The first-order chi connectivity index (χ1) is 6.07. The summed E-state index contributed by atoms with van der Waals surface area (Å²) in [6, 6.07) is 0. The fourth-order valence-electron chi connectivity index (χ4n) is 1.91. The van der Waals surface area contributed by atoms with Gasteiger partial charge in [-0.15, -0.1) is 0 Å². The Bertz CT molecular complexity index is 221. The van der Waals surface area contributed by atoms with Gasteiger partial charge < -0.3 is 5.73 Å². The van der Waals surface area contributed by atoms with E-state index in [0.29, 0.717) is 19.3 Å². The van der Waals surface area contributed by atoms with Crippen molar-refractivity contribution in [3.05, 3.63) is 10.1 Å². The molecular weight excluding hydrogens is 172 g/mol. The van der Waals surface area contributed by atoms with Gasteiger partial charge in [0.05, 0.1) is 0 Å². The lowest BCUT2D eigenvalue weighted by Gasteiger charge is -2.18. The van der Waals surface area contributed by atoms with Crippen molar-refractivity contribution >= 4 is 5.91 Å². The number of hydrogen-bond donors (Lipinski definition) is 1. The standard InChI is InChI=1S/C8H14N2O3/c9-7(11)3-6-8(10(12)13)4-1-2-5-8/h1-6H2,(H2,9,11). The number of carbonyl (C=O) groups is 1. The molecule has 0 aliphatic heterocycles. The zero-order valence-electron chi connectivity index (χ0n) is 7.49. The maximum atomic E-state index is 10.8. The second kappa shape index (κ2) is 3.72. The second-order valence-corrected chi connectivity index (χ2v) is 3.65. The lowest BCUT2D eigenvalue weighted by Crippen LogP contribution is -2.36. The van der Waals surface area contributed by atoms with Gasteiger partial charge in [-0.05, 0) is 12.8 Å². The Morgan fingerprint density at radius 1 is 1.46 bits per heavy atom. The van der Waals surface area contributed by atoms with Gasteiger partial charge in [0, 0.05) is 30.6 Å². The lowest BCUT2D eigenvalue weighted by atomic mass is 9.92. The van der Waals surface area contributed by atoms with Crippen LogP contribution in [0.3, 0.4) is 0 Å². The maximum Gasteiger partial charge on any atom is 0.222 e. The molecular formula is C8H14N2O3. The average molecular weight is 186 g/mol. The first-order valence-corrected chi connectivity index (χ1v) is 4.50. The number of amides is 1. The Labute approximate surface area is 76.4 Å². The van der Waals surface area contributed by atoms with Crippen LogP contribution in [0, 0.1) is 10.1 Å². The molecule has 2 N–H and O–H groups in total. The monoisotopic (exact) mass is 186 g/mol. The topological polar surface area (TPSA) is 86.2 Å². The van der Waals surface area contributed by atoms with Crippen LogP contribution in [0.1, 0.15) is 38.5 Å². The van der Waals surface area contributed by atoms with Gasteiger partial charge in [0.1, 0.15) is 0 Å². The summed E-state index contributed by atoms with van der Waals surface area (Å²) in [6.45, 7) is 0. The smallest absolute Gasteiger partial charge is 0.222 e. The molecule has 1 saturated carbocycles. The summed E-state index contributed by atoms with van der Waals surface area (Å²) >= 11 is 0. The normalized spacial score (nSPS) is 20.0. The first-order valence-electron chi connectivity index (χ1n) is 4.50. The van der Waals surface area contributed by atoms with Crippen LogP contribution >= 0.6 is 0 Å². The van der Waals surface area contributed by atoms with Crippen LogP contribution in [0.2, 0.25) is 0 Å². The summed E-state index contributed by atoms with van der Waals surface area (Å²) in [5.74, 6) is -0.451. The number of rotatable bonds is 4. The van der Waals surface area contributed by atoms with E-state index in [9.17, 15) is 14.9 Å². The highest BCUT2D eigenvalue weighted by molar-refractivity contribution is 5.73. The van der Waals surface area contributed by atoms with Gasteiger partial charge in [-0.1, -0.05) is 0 Å². The van der Waals surface area contributed by atoms with E-state index in [0.717, 1.165) is 12.8 Å². The van der Waals surface area contributed by atoms with Crippen LogP contribution in [0.5, 0.6) is 0 Å². The van der Waals surface area contributed by atoms with Crippen LogP contribution in [0.15, 0.2) is 0 Å². The Morgan fingerprint density at radius 3 is 2.38 bits per heavy atom. The predicted octanol–water partition coefficient (Wildman–Crippen LogP) is 0.841. The number of nitro groups is 1. The van der Waals surface area contributed by atoms with E-state index in [1.54, 1.807) is 0 Å². The largest absolute Gasteiger partial charge is 0.370 e. The van der Waals surface area contributed by atoms with Gasteiger partial charge in [-0.25, -0.2) is 0 Å². The quantitative estimate of drug-likeness (QED) is 0.521. The summed E-state index contributed by atoms with van der Waals surface area (Å²) in [7, 11) is 0.